The van der Waals surface area contributed by atoms with E-state index in [1.165, 1.54) is 24.6 Å². The van der Waals surface area contributed by atoms with Crippen molar-refractivity contribution in [1.82, 2.24) is 4.98 Å². The molecule has 62 valence electrons. The third-order valence-electron chi connectivity index (χ3n) is 2.61. The Hall–Kier alpha value is 0.177. The van der Waals surface area contributed by atoms with Gasteiger partial charge in [-0.2, -0.15) is 0 Å². The Bertz CT molecular complexity index is 71.1. The molecule has 2 heteroatoms. The zero-order valence-electron chi connectivity index (χ0n) is 7.83. The molecule has 0 fully saturated rings. The van der Waals surface area contributed by atoms with Gasteiger partial charge >= 0.3 is 0 Å². The Morgan fingerprint density at radius 2 is 1.60 bits per heavy atom. The Morgan fingerprint density at radius 3 is 1.70 bits per heavy atom. The summed E-state index contributed by atoms with van der Waals surface area (Å²) >= 11 is 0. The van der Waals surface area contributed by atoms with Crippen LogP contribution in [0.5, 0.6) is 0 Å². The minimum Gasteiger partial charge on any atom is -0.340 e. The van der Waals surface area contributed by atoms with E-state index in [1.807, 2.05) is 0 Å². The summed E-state index contributed by atoms with van der Waals surface area (Å²) in [4.78, 5) is 3.55. The summed E-state index contributed by atoms with van der Waals surface area (Å²) in [7, 11) is 1.17. The predicted octanol–water partition coefficient (Wildman–Crippen LogP) is 2.60. The van der Waals surface area contributed by atoms with E-state index < -0.39 is 8.24 Å². The molecule has 0 unspecified atom stereocenters. The van der Waals surface area contributed by atoms with Crippen molar-refractivity contribution in [3.05, 3.63) is 0 Å². The van der Waals surface area contributed by atoms with Crippen LogP contribution in [0.15, 0.2) is 0 Å². The van der Waals surface area contributed by atoms with Gasteiger partial charge in [0.1, 0.15) is 8.24 Å². The van der Waals surface area contributed by atoms with E-state index in [0.717, 1.165) is 0 Å². The molecule has 1 N–H and O–H groups in total. The van der Waals surface area contributed by atoms with Gasteiger partial charge in [-0.05, 0) is 25.2 Å². The highest BCUT2D eigenvalue weighted by molar-refractivity contribution is 6.77. The second kappa shape index (κ2) is 4.91. The molecule has 0 aromatic carbocycles. The Labute approximate surface area is 66.3 Å². The zero-order chi connectivity index (χ0) is 8.04. The maximum atomic E-state index is 3.55. The van der Waals surface area contributed by atoms with Crippen LogP contribution in [0.4, 0.5) is 0 Å². The Morgan fingerprint density at radius 1 is 1.10 bits per heavy atom. The van der Waals surface area contributed by atoms with Crippen molar-refractivity contribution in [1.29, 1.82) is 0 Å². The molecular weight excluding hydrogens is 138 g/mol. The summed E-state index contributed by atoms with van der Waals surface area (Å²) in [5, 5.41) is 0. The average Bonchev–Trinajstić information content (AvgIpc) is 2.01. The Balaban J connectivity index is 3.87. The van der Waals surface area contributed by atoms with E-state index in [1.54, 1.807) is 0 Å². The van der Waals surface area contributed by atoms with Crippen molar-refractivity contribution in [3.8, 4) is 0 Å². The molecule has 0 rings (SSSR count). The molecule has 0 atom stereocenters. The van der Waals surface area contributed by atoms with Crippen LogP contribution in [0.3, 0.4) is 0 Å². The number of nitrogens with one attached hydrogen (secondary N) is 1. The van der Waals surface area contributed by atoms with E-state index in [2.05, 4.69) is 32.8 Å². The molecule has 0 aromatic rings. The van der Waals surface area contributed by atoms with E-state index >= 15 is 0 Å². The van der Waals surface area contributed by atoms with Gasteiger partial charge in [-0.15, -0.1) is 0 Å². The minimum atomic E-state index is -0.967. The molecule has 0 aliphatic rings. The first kappa shape index (κ1) is 10.2. The third-order valence-corrected chi connectivity index (χ3v) is 7.84. The number of rotatable bonds is 5. The number of hydrogen-bond acceptors (Lipinski definition) is 1. The van der Waals surface area contributed by atoms with Gasteiger partial charge in [-0.3, -0.25) is 0 Å². The van der Waals surface area contributed by atoms with Crippen LogP contribution in [0, 0.1) is 0 Å². The standard InChI is InChI=1S/C8H21NSi/c1-5-8-10(6-2,7-3)9-4/h9H,5-8H2,1-4H3. The van der Waals surface area contributed by atoms with Crippen molar-refractivity contribution in [2.45, 2.75) is 45.3 Å². The molecule has 1 nitrogen and oxygen atoms in total. The minimum absolute atomic E-state index is 0.967. The van der Waals surface area contributed by atoms with Gasteiger partial charge in [-0.25, -0.2) is 0 Å². The molecule has 0 heterocycles. The maximum absolute atomic E-state index is 3.55. The van der Waals surface area contributed by atoms with Crippen LogP contribution in [0.1, 0.15) is 27.2 Å². The average molecular weight is 159 g/mol. The molecule has 10 heavy (non-hydrogen) atoms. The van der Waals surface area contributed by atoms with Crippen LogP contribution in [0.2, 0.25) is 18.1 Å². The quantitative estimate of drug-likeness (QED) is 0.608. The fourth-order valence-electron chi connectivity index (χ4n) is 1.56. The SMILES string of the molecule is CCC[Si](CC)(CC)NC. The normalized spacial score (nSPS) is 12.0. The summed E-state index contributed by atoms with van der Waals surface area (Å²) < 4.78 is 0. The lowest BCUT2D eigenvalue weighted by Crippen LogP contribution is -2.46. The van der Waals surface area contributed by atoms with E-state index in [4.69, 9.17) is 0 Å². The lowest BCUT2D eigenvalue weighted by atomic mass is 10.6. The van der Waals surface area contributed by atoms with Crippen molar-refractivity contribution in [2.24, 2.45) is 0 Å². The van der Waals surface area contributed by atoms with Crippen molar-refractivity contribution >= 4 is 8.24 Å². The summed E-state index contributed by atoms with van der Waals surface area (Å²) in [6.07, 6.45) is 1.34. The fourth-order valence-corrected chi connectivity index (χ4v) is 4.68. The molecular formula is C8H21NSi. The summed E-state index contributed by atoms with van der Waals surface area (Å²) in [5.41, 5.74) is 0. The second-order valence-corrected chi connectivity index (χ2v) is 7.96. The molecule has 0 spiro atoms. The topological polar surface area (TPSA) is 12.0 Å². The van der Waals surface area contributed by atoms with Gasteiger partial charge in [0.15, 0.2) is 0 Å². The Kier molecular flexibility index (Phi) is 5.00. The molecule has 0 saturated carbocycles. The van der Waals surface area contributed by atoms with Gasteiger partial charge in [-0.1, -0.05) is 27.2 Å². The monoisotopic (exact) mass is 159 g/mol. The molecule has 0 amide bonds. The largest absolute Gasteiger partial charge is 0.340 e. The first-order valence-electron chi connectivity index (χ1n) is 4.43. The van der Waals surface area contributed by atoms with Gasteiger partial charge in [0.2, 0.25) is 0 Å². The lowest BCUT2D eigenvalue weighted by Gasteiger charge is -2.27. The van der Waals surface area contributed by atoms with E-state index in [-0.39, 0.29) is 0 Å². The summed E-state index contributed by atoms with van der Waals surface area (Å²) in [5.74, 6) is 0. The number of hydrogen-bond donors (Lipinski definition) is 1. The fraction of sp³-hybridized carbons (Fsp3) is 1.00. The van der Waals surface area contributed by atoms with Crippen LogP contribution in [-0.4, -0.2) is 15.3 Å². The second-order valence-electron chi connectivity index (χ2n) is 2.99. The molecule has 0 aliphatic carbocycles. The van der Waals surface area contributed by atoms with Gasteiger partial charge in [0, 0.05) is 0 Å². The molecule has 0 bridgehead atoms. The van der Waals surface area contributed by atoms with Gasteiger partial charge in [0.25, 0.3) is 0 Å². The van der Waals surface area contributed by atoms with Crippen LogP contribution in [0.25, 0.3) is 0 Å². The van der Waals surface area contributed by atoms with E-state index in [0.29, 0.717) is 0 Å². The van der Waals surface area contributed by atoms with Crippen LogP contribution < -0.4 is 4.98 Å². The first-order chi connectivity index (χ1) is 4.74. The van der Waals surface area contributed by atoms with Crippen molar-refractivity contribution < 1.29 is 0 Å². The predicted molar refractivity (Wildman–Crippen MR) is 50.9 cm³/mol. The first-order valence-corrected chi connectivity index (χ1v) is 7.05. The summed E-state index contributed by atoms with van der Waals surface area (Å²) in [6, 6.07) is 4.21. The highest BCUT2D eigenvalue weighted by atomic mass is 28.3. The van der Waals surface area contributed by atoms with Crippen LogP contribution in [-0.2, 0) is 0 Å². The van der Waals surface area contributed by atoms with Crippen molar-refractivity contribution in [2.75, 3.05) is 7.05 Å². The highest BCUT2D eigenvalue weighted by Gasteiger charge is 2.25. The summed E-state index contributed by atoms with van der Waals surface area (Å²) in [6.45, 7) is 6.92. The zero-order valence-corrected chi connectivity index (χ0v) is 8.83. The molecule has 0 radical (unpaired) electrons. The van der Waals surface area contributed by atoms with Crippen LogP contribution >= 0.6 is 0 Å². The highest BCUT2D eigenvalue weighted by Crippen LogP contribution is 2.17. The third kappa shape index (κ3) is 2.43. The van der Waals surface area contributed by atoms with E-state index in [9.17, 15) is 0 Å². The smallest absolute Gasteiger partial charge is 0.124 e. The lowest BCUT2D eigenvalue weighted by molar-refractivity contribution is 0.946. The molecule has 0 saturated heterocycles. The molecule has 0 aliphatic heterocycles. The van der Waals surface area contributed by atoms with Gasteiger partial charge in [0.05, 0.1) is 0 Å². The maximum Gasteiger partial charge on any atom is 0.124 e. The molecule has 0 aromatic heterocycles. The van der Waals surface area contributed by atoms with Crippen molar-refractivity contribution in [3.63, 3.8) is 0 Å². The van der Waals surface area contributed by atoms with Gasteiger partial charge < -0.3 is 4.98 Å².